The molecule has 0 atom stereocenters. The zero-order chi connectivity index (χ0) is 8.91. The van der Waals surface area contributed by atoms with Crippen LogP contribution in [0.4, 0.5) is 12.3 Å². The number of hydrogen-bond donors (Lipinski definition) is 0. The molecule has 0 saturated heterocycles. The molecule has 0 aromatic rings. The second-order valence-corrected chi connectivity index (χ2v) is 4.36. The van der Waals surface area contributed by atoms with Gasteiger partial charge in [0, 0.05) is 13.0 Å². The fourth-order valence-corrected chi connectivity index (χ4v) is 1.12. The molecular formula is C5H9F3OSSi. The second kappa shape index (κ2) is 4.71. The average molecular weight is 202 g/mol. The largest absolute Gasteiger partial charge is 0.616 e. The van der Waals surface area contributed by atoms with Gasteiger partial charge in [-0.05, 0) is 18.6 Å². The highest BCUT2D eigenvalue weighted by Crippen LogP contribution is 2.16. The van der Waals surface area contributed by atoms with E-state index in [1.54, 1.807) is 6.92 Å². The number of halogens is 3. The molecule has 0 radical (unpaired) electrons. The van der Waals surface area contributed by atoms with E-state index in [-0.39, 0.29) is 13.0 Å². The fraction of sp³-hybridized carbons (Fsp3) is 0.800. The van der Waals surface area contributed by atoms with Crippen molar-refractivity contribution in [2.24, 2.45) is 0 Å². The second-order valence-electron chi connectivity index (χ2n) is 2.06. The Morgan fingerprint density at radius 3 is 2.36 bits per heavy atom. The van der Waals surface area contributed by atoms with E-state index in [0.29, 0.717) is 5.05 Å². The summed E-state index contributed by atoms with van der Waals surface area (Å²) in [5, 5.41) is 0.300. The van der Waals surface area contributed by atoms with Gasteiger partial charge in [0.25, 0.3) is 0 Å². The van der Waals surface area contributed by atoms with Crippen molar-refractivity contribution >= 4 is 26.3 Å². The molecule has 0 amide bonds. The molecule has 0 rings (SSSR count). The summed E-state index contributed by atoms with van der Waals surface area (Å²) in [7, 11) is -5.35. The molecule has 0 saturated carbocycles. The van der Waals surface area contributed by atoms with Crippen LogP contribution in [-0.2, 0) is 4.74 Å². The van der Waals surface area contributed by atoms with Crippen LogP contribution < -0.4 is 0 Å². The van der Waals surface area contributed by atoms with E-state index < -0.39 is 15.1 Å². The summed E-state index contributed by atoms with van der Waals surface area (Å²) in [6, 6.07) is -0.671. The Hall–Kier alpha value is -0.103. The molecule has 0 aliphatic heterocycles. The Morgan fingerprint density at radius 2 is 2.00 bits per heavy atom. The smallest absolute Gasteiger partial charge is 0.487 e. The molecule has 6 heteroatoms. The highest BCUT2D eigenvalue weighted by molar-refractivity contribution is 7.80. The van der Waals surface area contributed by atoms with Gasteiger partial charge in [-0.3, -0.25) is 0 Å². The summed E-state index contributed by atoms with van der Waals surface area (Å²) >= 11 is 4.51. The standard InChI is InChI=1S/C5H9F3OSSi/c1-5(10)9-3-2-4-11(6,7)8/h2-4H2,1H3. The lowest BCUT2D eigenvalue weighted by Crippen LogP contribution is -2.15. The lowest BCUT2D eigenvalue weighted by Gasteiger charge is -2.03. The number of rotatable bonds is 4. The molecule has 1 nitrogen and oxygen atoms in total. The summed E-state index contributed by atoms with van der Waals surface area (Å²) < 4.78 is 39.6. The van der Waals surface area contributed by atoms with Crippen molar-refractivity contribution < 1.29 is 17.1 Å². The topological polar surface area (TPSA) is 9.23 Å². The first-order chi connectivity index (χ1) is 4.92. The lowest BCUT2D eigenvalue weighted by atomic mass is 10.5. The van der Waals surface area contributed by atoms with Gasteiger partial charge in [-0.2, -0.15) is 0 Å². The molecule has 66 valence electrons. The molecule has 0 aromatic carbocycles. The number of thiocarbonyl (C=S) groups is 1. The van der Waals surface area contributed by atoms with Gasteiger partial charge in [-0.15, -0.1) is 0 Å². The van der Waals surface area contributed by atoms with Crippen LogP contribution in [0.15, 0.2) is 0 Å². The van der Waals surface area contributed by atoms with Crippen molar-refractivity contribution in [3.05, 3.63) is 0 Å². The molecule has 0 aromatic heterocycles. The minimum atomic E-state index is -5.35. The van der Waals surface area contributed by atoms with Crippen molar-refractivity contribution in [3.63, 3.8) is 0 Å². The highest BCUT2D eigenvalue weighted by Gasteiger charge is 2.35. The molecule has 0 fully saturated rings. The molecule has 0 bridgehead atoms. The molecule has 11 heavy (non-hydrogen) atoms. The van der Waals surface area contributed by atoms with Crippen molar-refractivity contribution in [1.82, 2.24) is 0 Å². The van der Waals surface area contributed by atoms with Crippen molar-refractivity contribution in [1.29, 1.82) is 0 Å². The van der Waals surface area contributed by atoms with Gasteiger partial charge >= 0.3 is 9.08 Å². The highest BCUT2D eigenvalue weighted by atomic mass is 32.1. The molecule has 0 heterocycles. The minimum absolute atomic E-state index is 0.0315. The van der Waals surface area contributed by atoms with Crippen LogP contribution in [0.1, 0.15) is 13.3 Å². The first-order valence-electron chi connectivity index (χ1n) is 3.12. The molecule has 0 aliphatic rings. The Labute approximate surface area is 70.1 Å². The van der Waals surface area contributed by atoms with E-state index in [1.807, 2.05) is 0 Å². The molecule has 0 spiro atoms. The maximum atomic E-state index is 11.6. The van der Waals surface area contributed by atoms with Crippen LogP contribution in [0.3, 0.4) is 0 Å². The van der Waals surface area contributed by atoms with Gasteiger partial charge < -0.3 is 4.74 Å². The zero-order valence-corrected chi connectivity index (χ0v) is 7.89. The fourth-order valence-electron chi connectivity index (χ4n) is 0.489. The quantitative estimate of drug-likeness (QED) is 0.300. The van der Waals surface area contributed by atoms with Gasteiger partial charge in [0.2, 0.25) is 0 Å². The maximum Gasteiger partial charge on any atom is 0.616 e. The van der Waals surface area contributed by atoms with E-state index >= 15 is 0 Å². The summed E-state index contributed by atoms with van der Waals surface area (Å²) in [6.07, 6.45) is 0.0315. The van der Waals surface area contributed by atoms with Crippen LogP contribution in [0.5, 0.6) is 0 Å². The summed E-state index contributed by atoms with van der Waals surface area (Å²) in [4.78, 5) is 0. The van der Waals surface area contributed by atoms with Crippen LogP contribution in [0, 0.1) is 0 Å². The monoisotopic (exact) mass is 202 g/mol. The summed E-state index contributed by atoms with van der Waals surface area (Å²) in [5.41, 5.74) is 0. The van der Waals surface area contributed by atoms with Crippen molar-refractivity contribution in [3.8, 4) is 0 Å². The zero-order valence-electron chi connectivity index (χ0n) is 6.07. The van der Waals surface area contributed by atoms with Gasteiger partial charge in [-0.25, -0.2) is 12.3 Å². The minimum Gasteiger partial charge on any atom is -0.487 e. The van der Waals surface area contributed by atoms with Crippen molar-refractivity contribution in [2.75, 3.05) is 6.61 Å². The molecular weight excluding hydrogens is 193 g/mol. The van der Waals surface area contributed by atoms with E-state index in [4.69, 9.17) is 4.74 Å². The van der Waals surface area contributed by atoms with E-state index in [1.165, 1.54) is 0 Å². The van der Waals surface area contributed by atoms with E-state index in [9.17, 15) is 12.3 Å². The normalized spacial score (nSPS) is 11.3. The molecule has 0 N–H and O–H groups in total. The predicted octanol–water partition coefficient (Wildman–Crippen LogP) is 2.59. The first-order valence-corrected chi connectivity index (χ1v) is 5.37. The third kappa shape index (κ3) is 9.90. The van der Waals surface area contributed by atoms with Gasteiger partial charge in [-0.1, -0.05) is 0 Å². The Kier molecular flexibility index (Phi) is 4.67. The van der Waals surface area contributed by atoms with Crippen molar-refractivity contribution in [2.45, 2.75) is 19.4 Å². The molecule has 0 unspecified atom stereocenters. The van der Waals surface area contributed by atoms with E-state index in [0.717, 1.165) is 0 Å². The van der Waals surface area contributed by atoms with Crippen LogP contribution >= 0.6 is 12.2 Å². The van der Waals surface area contributed by atoms with Crippen LogP contribution in [0.2, 0.25) is 6.04 Å². The molecule has 0 aliphatic carbocycles. The Balaban J connectivity index is 3.22. The van der Waals surface area contributed by atoms with Gasteiger partial charge in [0.1, 0.15) is 0 Å². The average Bonchev–Trinajstić information content (AvgIpc) is 1.78. The third-order valence-electron chi connectivity index (χ3n) is 0.910. The SMILES string of the molecule is CC(=S)OCCC[Si](F)(F)F. The van der Waals surface area contributed by atoms with Gasteiger partial charge in [0.05, 0.1) is 6.61 Å². The summed E-state index contributed by atoms with van der Waals surface area (Å²) in [6.45, 7) is 1.63. The number of hydrogen-bond acceptors (Lipinski definition) is 2. The Morgan fingerprint density at radius 1 is 1.45 bits per heavy atom. The van der Waals surface area contributed by atoms with Gasteiger partial charge in [0.15, 0.2) is 5.05 Å². The van der Waals surface area contributed by atoms with E-state index in [2.05, 4.69) is 12.2 Å². The lowest BCUT2D eigenvalue weighted by molar-refractivity contribution is 0.304. The Bertz CT molecular complexity index is 136. The third-order valence-corrected chi connectivity index (χ3v) is 1.95. The first kappa shape index (κ1) is 10.9. The summed E-state index contributed by atoms with van der Waals surface area (Å²) in [5.74, 6) is 0. The van der Waals surface area contributed by atoms with Crippen LogP contribution in [0.25, 0.3) is 0 Å². The predicted molar refractivity (Wildman–Crippen MR) is 42.7 cm³/mol. The maximum absolute atomic E-state index is 11.6. The van der Waals surface area contributed by atoms with Crippen LogP contribution in [-0.4, -0.2) is 20.7 Å². The number of ether oxygens (including phenoxy) is 1.